The highest BCUT2D eigenvalue weighted by Crippen LogP contribution is 2.45. The number of carboxylic acid groups (broad SMARTS) is 1. The lowest BCUT2D eigenvalue weighted by atomic mass is 9.77. The summed E-state index contributed by atoms with van der Waals surface area (Å²) in [6.45, 7) is 4.05. The predicted octanol–water partition coefficient (Wildman–Crippen LogP) is 1.32. The van der Waals surface area contributed by atoms with Gasteiger partial charge in [-0.3, -0.25) is 4.79 Å². The maximum Gasteiger partial charge on any atom is 0.303 e. The van der Waals surface area contributed by atoms with Gasteiger partial charge >= 0.3 is 5.97 Å². The van der Waals surface area contributed by atoms with Gasteiger partial charge in [0.1, 0.15) is 0 Å². The molecule has 0 bridgehead atoms. The zero-order chi connectivity index (χ0) is 10.1. The second kappa shape index (κ2) is 3.88. The van der Waals surface area contributed by atoms with Crippen molar-refractivity contribution in [1.82, 2.24) is 0 Å². The molecule has 1 saturated heterocycles. The summed E-state index contributed by atoms with van der Waals surface area (Å²) >= 11 is 1.83. The van der Waals surface area contributed by atoms with Crippen LogP contribution in [0.5, 0.6) is 0 Å². The van der Waals surface area contributed by atoms with E-state index in [0.717, 1.165) is 12.2 Å². The second-order valence-corrected chi connectivity index (χ2v) is 5.47. The van der Waals surface area contributed by atoms with E-state index in [-0.39, 0.29) is 17.9 Å². The molecule has 0 spiro atoms. The molecule has 3 nitrogen and oxygen atoms in total. The summed E-state index contributed by atoms with van der Waals surface area (Å²) in [7, 11) is 0. The lowest BCUT2D eigenvalue weighted by Gasteiger charge is -2.30. The van der Waals surface area contributed by atoms with Gasteiger partial charge in [0.2, 0.25) is 0 Å². The number of thioether (sulfide) groups is 1. The van der Waals surface area contributed by atoms with Crippen LogP contribution >= 0.6 is 11.8 Å². The molecule has 1 heterocycles. The quantitative estimate of drug-likeness (QED) is 0.726. The average molecular weight is 203 g/mol. The second-order valence-electron chi connectivity index (χ2n) is 4.05. The standard InChI is InChI=1S/C9H17NO2S/c1-6-3-9(5-13-6,7(2)10)4-8(11)12/h6-7H,3-5,10H2,1-2H3,(H,11,12). The van der Waals surface area contributed by atoms with Gasteiger partial charge in [0.25, 0.3) is 0 Å². The van der Waals surface area contributed by atoms with Gasteiger partial charge in [-0.1, -0.05) is 6.92 Å². The Morgan fingerprint density at radius 1 is 1.85 bits per heavy atom. The molecule has 0 amide bonds. The number of hydrogen-bond acceptors (Lipinski definition) is 3. The number of aliphatic carboxylic acids is 1. The van der Waals surface area contributed by atoms with Crippen molar-refractivity contribution in [3.05, 3.63) is 0 Å². The van der Waals surface area contributed by atoms with Gasteiger partial charge in [0.05, 0.1) is 6.42 Å². The summed E-state index contributed by atoms with van der Waals surface area (Å²) in [6.07, 6.45) is 1.14. The lowest BCUT2D eigenvalue weighted by molar-refractivity contribution is -0.139. The van der Waals surface area contributed by atoms with Crippen LogP contribution < -0.4 is 5.73 Å². The number of hydrogen-bond donors (Lipinski definition) is 2. The third-order valence-corrected chi connectivity index (χ3v) is 4.30. The number of nitrogens with two attached hydrogens (primary N) is 1. The molecule has 13 heavy (non-hydrogen) atoms. The van der Waals surface area contributed by atoms with Crippen molar-refractivity contribution in [1.29, 1.82) is 0 Å². The normalized spacial score (nSPS) is 36.1. The Morgan fingerprint density at radius 3 is 2.77 bits per heavy atom. The van der Waals surface area contributed by atoms with E-state index < -0.39 is 5.97 Å². The Hall–Kier alpha value is -0.220. The van der Waals surface area contributed by atoms with Crippen LogP contribution in [0.3, 0.4) is 0 Å². The van der Waals surface area contributed by atoms with E-state index in [1.807, 2.05) is 18.7 Å². The summed E-state index contributed by atoms with van der Waals surface area (Å²) < 4.78 is 0. The summed E-state index contributed by atoms with van der Waals surface area (Å²) in [5, 5.41) is 9.36. The Balaban J connectivity index is 2.71. The van der Waals surface area contributed by atoms with Crippen LogP contribution in [-0.4, -0.2) is 28.1 Å². The molecule has 3 N–H and O–H groups in total. The third-order valence-electron chi connectivity index (χ3n) is 2.82. The highest BCUT2D eigenvalue weighted by Gasteiger charge is 2.42. The van der Waals surface area contributed by atoms with Crippen LogP contribution in [0.1, 0.15) is 26.7 Å². The molecule has 1 rings (SSSR count). The SMILES string of the molecule is CC1CC(CC(=O)O)(C(C)N)CS1. The topological polar surface area (TPSA) is 63.3 Å². The van der Waals surface area contributed by atoms with Gasteiger partial charge in [0, 0.05) is 22.5 Å². The first-order chi connectivity index (χ1) is 5.96. The zero-order valence-corrected chi connectivity index (χ0v) is 8.93. The molecule has 0 radical (unpaired) electrons. The monoisotopic (exact) mass is 203 g/mol. The Labute approximate surface area is 83.1 Å². The lowest BCUT2D eigenvalue weighted by Crippen LogP contribution is -2.41. The van der Waals surface area contributed by atoms with E-state index in [1.165, 1.54) is 0 Å². The minimum absolute atomic E-state index is 0.0268. The molecular weight excluding hydrogens is 186 g/mol. The molecule has 1 fully saturated rings. The van der Waals surface area contributed by atoms with Gasteiger partial charge < -0.3 is 10.8 Å². The molecule has 0 aromatic carbocycles. The zero-order valence-electron chi connectivity index (χ0n) is 8.12. The molecule has 1 aliphatic rings. The van der Waals surface area contributed by atoms with Gasteiger partial charge in [-0.15, -0.1) is 0 Å². The van der Waals surface area contributed by atoms with E-state index >= 15 is 0 Å². The fraction of sp³-hybridized carbons (Fsp3) is 0.889. The molecule has 4 heteroatoms. The molecule has 0 aliphatic carbocycles. The van der Waals surface area contributed by atoms with Crippen LogP contribution in [0.2, 0.25) is 0 Å². The Kier molecular flexibility index (Phi) is 3.24. The molecule has 3 atom stereocenters. The molecular formula is C9H17NO2S. The molecule has 1 aliphatic heterocycles. The number of carbonyl (C=O) groups is 1. The molecule has 0 aromatic rings. The largest absolute Gasteiger partial charge is 0.481 e. The number of rotatable bonds is 3. The van der Waals surface area contributed by atoms with E-state index in [2.05, 4.69) is 6.92 Å². The van der Waals surface area contributed by atoms with Gasteiger partial charge in [-0.05, 0) is 13.3 Å². The van der Waals surface area contributed by atoms with Gasteiger partial charge in [0.15, 0.2) is 0 Å². The van der Waals surface area contributed by atoms with E-state index in [9.17, 15) is 4.79 Å². The molecule has 76 valence electrons. The van der Waals surface area contributed by atoms with E-state index in [4.69, 9.17) is 10.8 Å². The van der Waals surface area contributed by atoms with Gasteiger partial charge in [-0.25, -0.2) is 0 Å². The van der Waals surface area contributed by atoms with Crippen LogP contribution in [0, 0.1) is 5.41 Å². The van der Waals surface area contributed by atoms with Crippen LogP contribution in [0.4, 0.5) is 0 Å². The molecule has 0 saturated carbocycles. The Morgan fingerprint density at radius 2 is 2.46 bits per heavy atom. The minimum atomic E-state index is -0.730. The van der Waals surface area contributed by atoms with Crippen molar-refractivity contribution in [3.8, 4) is 0 Å². The van der Waals surface area contributed by atoms with E-state index in [1.54, 1.807) is 0 Å². The fourth-order valence-electron chi connectivity index (χ4n) is 1.90. The van der Waals surface area contributed by atoms with Crippen LogP contribution in [0.15, 0.2) is 0 Å². The van der Waals surface area contributed by atoms with Crippen molar-refractivity contribution in [2.24, 2.45) is 11.1 Å². The fourth-order valence-corrected chi connectivity index (χ4v) is 3.45. The van der Waals surface area contributed by atoms with E-state index in [0.29, 0.717) is 5.25 Å². The first-order valence-corrected chi connectivity index (χ1v) is 5.60. The Bertz CT molecular complexity index is 208. The highest BCUT2D eigenvalue weighted by molar-refractivity contribution is 8.00. The molecule has 0 aromatic heterocycles. The van der Waals surface area contributed by atoms with Crippen molar-refractivity contribution >= 4 is 17.7 Å². The smallest absolute Gasteiger partial charge is 0.303 e. The highest BCUT2D eigenvalue weighted by atomic mass is 32.2. The van der Waals surface area contributed by atoms with Gasteiger partial charge in [-0.2, -0.15) is 11.8 Å². The maximum atomic E-state index is 10.7. The van der Waals surface area contributed by atoms with Crippen LogP contribution in [0.25, 0.3) is 0 Å². The minimum Gasteiger partial charge on any atom is -0.481 e. The maximum absolute atomic E-state index is 10.7. The van der Waals surface area contributed by atoms with Crippen molar-refractivity contribution < 1.29 is 9.90 Å². The summed E-state index contributed by atoms with van der Waals surface area (Å²) in [5.41, 5.74) is 5.70. The van der Waals surface area contributed by atoms with Crippen molar-refractivity contribution in [3.63, 3.8) is 0 Å². The summed E-state index contributed by atoms with van der Waals surface area (Å²) in [4.78, 5) is 10.7. The average Bonchev–Trinajstić information content (AvgIpc) is 2.31. The first kappa shape index (κ1) is 10.9. The van der Waals surface area contributed by atoms with Crippen LogP contribution in [-0.2, 0) is 4.79 Å². The molecule has 3 unspecified atom stereocenters. The first-order valence-electron chi connectivity index (χ1n) is 4.55. The van der Waals surface area contributed by atoms with Crippen molar-refractivity contribution in [2.75, 3.05) is 5.75 Å². The van der Waals surface area contributed by atoms with Crippen molar-refractivity contribution in [2.45, 2.75) is 38.0 Å². The third kappa shape index (κ3) is 2.38. The summed E-state index contributed by atoms with van der Waals surface area (Å²) in [6, 6.07) is -0.0268. The number of carboxylic acids is 1. The summed E-state index contributed by atoms with van der Waals surface area (Å²) in [5.74, 6) is 0.157. The predicted molar refractivity (Wildman–Crippen MR) is 54.9 cm³/mol.